The molecule has 2 aromatic carbocycles. The highest BCUT2D eigenvalue weighted by Crippen LogP contribution is 2.47. The van der Waals surface area contributed by atoms with Crippen LogP contribution >= 0.6 is 0 Å². The summed E-state index contributed by atoms with van der Waals surface area (Å²) in [5.41, 5.74) is 7.98. The molecule has 0 aromatic heterocycles. The third kappa shape index (κ3) is 3.39. The van der Waals surface area contributed by atoms with Gasteiger partial charge in [0.1, 0.15) is 24.9 Å². The van der Waals surface area contributed by atoms with E-state index in [0.717, 1.165) is 94.1 Å². The molecule has 40 heavy (non-hydrogen) atoms. The van der Waals surface area contributed by atoms with E-state index in [9.17, 15) is 19.8 Å². The standard InChI is InChI=1S/C33H32N2O5/c36-32(37)20-9-10-21(33(38)39)24(17-20)27-25-15-18-5-1-11-34-13-3-7-22(28(18)34)30(25)40-31-23-8-4-14-35-12-2-6-19(29(23)35)16-26(27)31/h9-10,15-17,25,30H,1-8,11-14H2,(H-,36,37,38,39). The van der Waals surface area contributed by atoms with Crippen molar-refractivity contribution in [2.24, 2.45) is 5.92 Å². The molecule has 2 unspecified atom stereocenters. The molecule has 1 saturated heterocycles. The maximum Gasteiger partial charge on any atom is 0.336 e. The van der Waals surface area contributed by atoms with E-state index in [1.54, 1.807) is 0 Å². The van der Waals surface area contributed by atoms with Gasteiger partial charge in [0.05, 0.1) is 17.1 Å². The molecule has 204 valence electrons. The van der Waals surface area contributed by atoms with E-state index in [1.165, 1.54) is 51.5 Å². The summed E-state index contributed by atoms with van der Waals surface area (Å²) >= 11 is 0. The van der Waals surface area contributed by atoms with Crippen molar-refractivity contribution in [3.05, 3.63) is 85.6 Å². The molecule has 6 aliphatic rings. The highest BCUT2D eigenvalue weighted by molar-refractivity contribution is 5.98. The second-order valence-electron chi connectivity index (χ2n) is 12.0. The van der Waals surface area contributed by atoms with Gasteiger partial charge in [0.15, 0.2) is 0 Å². The van der Waals surface area contributed by atoms with Gasteiger partial charge >= 0.3 is 5.97 Å². The fraction of sp³-hybridized carbons (Fsp3) is 0.424. The second-order valence-corrected chi connectivity index (χ2v) is 12.0. The Balaban J connectivity index is 1.49. The summed E-state index contributed by atoms with van der Waals surface area (Å²) in [6.07, 6.45) is 10.3. The fourth-order valence-electron chi connectivity index (χ4n) is 8.32. The van der Waals surface area contributed by atoms with E-state index in [2.05, 4.69) is 21.6 Å². The summed E-state index contributed by atoms with van der Waals surface area (Å²) in [5, 5.41) is 24.5. The monoisotopic (exact) mass is 536 g/mol. The number of nitrogens with zero attached hydrogens (tertiary/aromatic N) is 2. The summed E-state index contributed by atoms with van der Waals surface area (Å²) in [6, 6.07) is 6.52. The highest BCUT2D eigenvalue weighted by Gasteiger charge is 2.44. The van der Waals surface area contributed by atoms with E-state index < -0.39 is 11.9 Å². The van der Waals surface area contributed by atoms with E-state index in [1.807, 2.05) is 0 Å². The second kappa shape index (κ2) is 8.82. The van der Waals surface area contributed by atoms with E-state index >= 15 is 0 Å². The lowest BCUT2D eigenvalue weighted by atomic mass is 9.71. The van der Waals surface area contributed by atoms with Crippen molar-refractivity contribution in [1.82, 2.24) is 9.48 Å². The van der Waals surface area contributed by atoms with Crippen LogP contribution in [0, 0.1) is 5.92 Å². The minimum Gasteiger partial charge on any atom is -0.545 e. The van der Waals surface area contributed by atoms with E-state index in [-0.39, 0.29) is 23.1 Å². The van der Waals surface area contributed by atoms with Crippen molar-refractivity contribution in [1.29, 1.82) is 0 Å². The molecule has 1 aliphatic carbocycles. The van der Waals surface area contributed by atoms with Gasteiger partial charge in [-0.05, 0) is 84.6 Å². The van der Waals surface area contributed by atoms with Crippen LogP contribution in [0.2, 0.25) is 0 Å². The Bertz CT molecular complexity index is 1710. The molecular formula is C33H32N2O5. The molecule has 0 spiro atoms. The Morgan fingerprint density at radius 1 is 1.00 bits per heavy atom. The van der Waals surface area contributed by atoms with Gasteiger partial charge in [0.25, 0.3) is 0 Å². The lowest BCUT2D eigenvalue weighted by Crippen LogP contribution is -2.49. The zero-order valence-corrected chi connectivity index (χ0v) is 22.5. The number of benzene rings is 2. The fourth-order valence-corrected chi connectivity index (χ4v) is 8.32. The molecule has 8 rings (SSSR count). The molecule has 7 heteroatoms. The molecule has 0 bridgehead atoms. The average Bonchev–Trinajstić information content (AvgIpc) is 2.96. The van der Waals surface area contributed by atoms with Crippen molar-refractivity contribution >= 4 is 17.5 Å². The van der Waals surface area contributed by atoms with Gasteiger partial charge in [0, 0.05) is 48.3 Å². The average molecular weight is 537 g/mol. The van der Waals surface area contributed by atoms with Crippen LogP contribution in [0.15, 0.2) is 47.2 Å². The minimum absolute atomic E-state index is 0.00700. The number of aryl methyl sites for hydroxylation is 1. The predicted octanol–water partition coefficient (Wildman–Crippen LogP) is 1.79. The largest absolute Gasteiger partial charge is 0.545 e. The van der Waals surface area contributed by atoms with Crippen LogP contribution < -0.4 is 25.0 Å². The van der Waals surface area contributed by atoms with Crippen LogP contribution in [0.3, 0.4) is 0 Å². The lowest BCUT2D eigenvalue weighted by molar-refractivity contribution is -0.255. The number of hydrogen-bond donors (Lipinski definition) is 1. The number of rotatable bonds is 3. The molecule has 1 fully saturated rings. The number of carboxylic acid groups (broad SMARTS) is 2. The third-order valence-electron chi connectivity index (χ3n) is 9.84. The number of fused-ring (bicyclic) bond motifs is 4. The SMILES string of the molecule is O=C([O-])c1ccc(C(=O)O)c(C2=c3cc4c5c(c3OC3C6=C7C(=CC23)CCCN7CCC6)CCC[N+]=5CCC4)c1. The van der Waals surface area contributed by atoms with Gasteiger partial charge in [0.2, 0.25) is 5.36 Å². The van der Waals surface area contributed by atoms with E-state index in [4.69, 9.17) is 4.74 Å². The number of allylic oxidation sites excluding steroid dienone is 1. The molecule has 1 N–H and O–H groups in total. The van der Waals surface area contributed by atoms with Gasteiger partial charge in [-0.1, -0.05) is 12.1 Å². The highest BCUT2D eigenvalue weighted by atomic mass is 16.5. The summed E-state index contributed by atoms with van der Waals surface area (Å²) in [7, 11) is 0. The molecule has 2 aromatic rings. The molecule has 0 saturated carbocycles. The number of hydrogen-bond acceptors (Lipinski definition) is 5. The predicted molar refractivity (Wildman–Crippen MR) is 147 cm³/mol. The van der Waals surface area contributed by atoms with Crippen molar-refractivity contribution in [2.45, 2.75) is 57.5 Å². The molecule has 5 heterocycles. The maximum atomic E-state index is 12.6. The number of ether oxygens (including phenoxy) is 1. The Kier molecular flexibility index (Phi) is 5.28. The molecule has 7 nitrogen and oxygen atoms in total. The first kappa shape index (κ1) is 24.0. The van der Waals surface area contributed by atoms with Crippen LogP contribution in [0.4, 0.5) is 0 Å². The van der Waals surface area contributed by atoms with Crippen molar-refractivity contribution in [2.75, 3.05) is 26.2 Å². The number of carbonyl (C=O) groups excluding carboxylic acids is 1. The zero-order valence-electron chi connectivity index (χ0n) is 22.5. The van der Waals surface area contributed by atoms with Gasteiger partial charge in [-0.15, -0.1) is 0 Å². The Labute approximate surface area is 232 Å². The third-order valence-corrected chi connectivity index (χ3v) is 9.84. The van der Waals surface area contributed by atoms with Crippen molar-refractivity contribution < 1.29 is 24.5 Å². The molecular weight excluding hydrogens is 504 g/mol. The van der Waals surface area contributed by atoms with Gasteiger partial charge in [-0.25, -0.2) is 9.37 Å². The molecule has 0 radical (unpaired) electrons. The lowest BCUT2D eigenvalue weighted by Gasteiger charge is -2.47. The van der Waals surface area contributed by atoms with Gasteiger partial charge in [-0.2, -0.15) is 0 Å². The first-order chi connectivity index (χ1) is 19.5. The van der Waals surface area contributed by atoms with Crippen molar-refractivity contribution in [3.63, 3.8) is 0 Å². The van der Waals surface area contributed by atoms with E-state index in [0.29, 0.717) is 5.56 Å². The number of piperidine rings is 1. The van der Waals surface area contributed by atoms with Crippen LogP contribution in [0.25, 0.3) is 5.57 Å². The topological polar surface area (TPSA) is 92.9 Å². The maximum absolute atomic E-state index is 12.6. The Morgan fingerprint density at radius 2 is 1.80 bits per heavy atom. The normalized spacial score (nSPS) is 24.3. The summed E-state index contributed by atoms with van der Waals surface area (Å²) in [6.45, 7) is 4.22. The van der Waals surface area contributed by atoms with Crippen LogP contribution in [0.5, 0.6) is 5.75 Å². The Morgan fingerprint density at radius 3 is 2.60 bits per heavy atom. The van der Waals surface area contributed by atoms with Crippen LogP contribution in [0.1, 0.15) is 75.9 Å². The van der Waals surface area contributed by atoms with Crippen molar-refractivity contribution in [3.8, 4) is 5.75 Å². The molecule has 2 atom stereocenters. The summed E-state index contributed by atoms with van der Waals surface area (Å²) in [4.78, 5) is 27.1. The zero-order chi connectivity index (χ0) is 27.1. The number of carbonyl (C=O) groups is 2. The summed E-state index contributed by atoms with van der Waals surface area (Å²) in [5.74, 6) is -1.69. The van der Waals surface area contributed by atoms with Gasteiger partial charge in [-0.3, -0.25) is 0 Å². The first-order valence-corrected chi connectivity index (χ1v) is 14.8. The minimum atomic E-state index is -1.30. The number of aromatic carboxylic acids is 2. The van der Waals surface area contributed by atoms with Gasteiger partial charge < -0.3 is 24.6 Å². The Hall–Kier alpha value is -3.87. The summed E-state index contributed by atoms with van der Waals surface area (Å²) < 4.78 is 9.61. The first-order valence-electron chi connectivity index (χ1n) is 14.8. The smallest absolute Gasteiger partial charge is 0.336 e. The van der Waals surface area contributed by atoms with Crippen LogP contribution in [-0.2, 0) is 12.8 Å². The van der Waals surface area contributed by atoms with Crippen LogP contribution in [-0.4, -0.2) is 54.2 Å². The number of carboxylic acids is 2. The quantitative estimate of drug-likeness (QED) is 0.602. The molecule has 5 aliphatic heterocycles. The molecule has 0 amide bonds.